The van der Waals surface area contributed by atoms with Gasteiger partial charge in [-0.25, -0.2) is 9.78 Å². The van der Waals surface area contributed by atoms with Crippen molar-refractivity contribution in [3.05, 3.63) is 52.0 Å². The van der Waals surface area contributed by atoms with Gasteiger partial charge in [0.05, 0.1) is 17.2 Å². The molecule has 1 aliphatic carbocycles. The molecule has 0 bridgehead atoms. The molecule has 0 spiro atoms. The summed E-state index contributed by atoms with van der Waals surface area (Å²) >= 11 is 1.66. The Kier molecular flexibility index (Phi) is 4.53. The minimum absolute atomic E-state index is 0.221. The molecule has 1 saturated heterocycles. The number of benzene rings is 1. The third-order valence-corrected chi connectivity index (χ3v) is 6.53. The molecule has 1 atom stereocenters. The van der Waals surface area contributed by atoms with Crippen molar-refractivity contribution in [3.63, 3.8) is 0 Å². The Morgan fingerprint density at radius 3 is 2.65 bits per heavy atom. The lowest BCUT2D eigenvalue weighted by molar-refractivity contribution is -0.131. The lowest BCUT2D eigenvalue weighted by Gasteiger charge is -2.22. The maximum atomic E-state index is 13.0. The van der Waals surface area contributed by atoms with E-state index in [1.807, 2.05) is 35.7 Å². The number of nitrogens with zero attached hydrogens (tertiary/aromatic N) is 2. The number of hydrogen-bond acceptors (Lipinski definition) is 4. The Hall–Kier alpha value is -2.21. The molecule has 1 aliphatic heterocycles. The van der Waals surface area contributed by atoms with Crippen LogP contribution in [0.15, 0.2) is 35.7 Å². The van der Waals surface area contributed by atoms with Crippen molar-refractivity contribution >= 4 is 23.3 Å². The summed E-state index contributed by atoms with van der Waals surface area (Å²) in [6.07, 6.45) is 6.24. The number of thiazole rings is 1. The topological polar surface area (TPSA) is 62.3 Å². The van der Waals surface area contributed by atoms with Gasteiger partial charge >= 0.3 is 6.03 Å². The van der Waals surface area contributed by atoms with E-state index >= 15 is 0 Å². The number of carbonyl (C=O) groups excluding carboxylic acids is 2. The second-order valence-electron chi connectivity index (χ2n) is 7.32. The quantitative estimate of drug-likeness (QED) is 0.823. The van der Waals surface area contributed by atoms with Crippen LogP contribution in [-0.4, -0.2) is 21.8 Å². The first-order chi connectivity index (χ1) is 12.6. The average Bonchev–Trinajstić information content (AvgIpc) is 3.23. The summed E-state index contributed by atoms with van der Waals surface area (Å²) in [6, 6.07) is 9.03. The summed E-state index contributed by atoms with van der Waals surface area (Å²) in [5.41, 5.74) is 0.582. The van der Waals surface area contributed by atoms with Crippen LogP contribution in [0.5, 0.6) is 0 Å². The van der Waals surface area contributed by atoms with Crippen LogP contribution >= 0.6 is 11.3 Å². The normalized spacial score (nSPS) is 24.1. The maximum Gasteiger partial charge on any atom is 0.325 e. The van der Waals surface area contributed by atoms with Gasteiger partial charge in [-0.1, -0.05) is 49.6 Å². The van der Waals surface area contributed by atoms with Gasteiger partial charge in [-0.2, -0.15) is 0 Å². The van der Waals surface area contributed by atoms with E-state index in [1.165, 1.54) is 37.0 Å². The molecule has 2 aromatic rings. The molecule has 1 aromatic heterocycles. The van der Waals surface area contributed by atoms with E-state index in [0.29, 0.717) is 5.92 Å². The van der Waals surface area contributed by atoms with Crippen LogP contribution in [0.4, 0.5) is 4.79 Å². The number of amides is 3. The molecule has 136 valence electrons. The fourth-order valence-electron chi connectivity index (χ4n) is 3.90. The van der Waals surface area contributed by atoms with Crippen LogP contribution in [0.1, 0.15) is 61.2 Å². The molecule has 26 heavy (non-hydrogen) atoms. The zero-order valence-electron chi connectivity index (χ0n) is 14.9. The molecular weight excluding hydrogens is 346 g/mol. The highest BCUT2D eigenvalue weighted by Gasteiger charge is 2.49. The Morgan fingerprint density at radius 2 is 1.92 bits per heavy atom. The van der Waals surface area contributed by atoms with Gasteiger partial charge in [0, 0.05) is 11.3 Å². The van der Waals surface area contributed by atoms with Gasteiger partial charge in [0.15, 0.2) is 0 Å². The summed E-state index contributed by atoms with van der Waals surface area (Å²) < 4.78 is 0. The van der Waals surface area contributed by atoms with Gasteiger partial charge in [0.25, 0.3) is 5.91 Å². The number of carbonyl (C=O) groups is 2. The van der Waals surface area contributed by atoms with Crippen LogP contribution in [0.25, 0.3) is 0 Å². The molecule has 3 amide bonds. The molecule has 1 aromatic carbocycles. The highest BCUT2D eigenvalue weighted by atomic mass is 32.1. The van der Waals surface area contributed by atoms with Gasteiger partial charge in [-0.3, -0.25) is 9.69 Å². The summed E-state index contributed by atoms with van der Waals surface area (Å²) in [7, 11) is 0. The summed E-state index contributed by atoms with van der Waals surface area (Å²) in [4.78, 5) is 31.4. The SMILES string of the molecule is C[C@@]1(c2ccccc2)NC(=O)N(Cc2csc(C3CCCCC3)n2)C1=O. The van der Waals surface area contributed by atoms with Gasteiger partial charge in [-0.15, -0.1) is 11.3 Å². The van der Waals surface area contributed by atoms with Crippen molar-refractivity contribution in [1.82, 2.24) is 15.2 Å². The summed E-state index contributed by atoms with van der Waals surface area (Å²) in [5.74, 6) is 0.320. The predicted octanol–water partition coefficient (Wildman–Crippen LogP) is 4.16. The predicted molar refractivity (Wildman–Crippen MR) is 101 cm³/mol. The second kappa shape index (κ2) is 6.83. The van der Waals surface area contributed by atoms with Crippen molar-refractivity contribution in [3.8, 4) is 0 Å². The monoisotopic (exact) mass is 369 g/mol. The van der Waals surface area contributed by atoms with E-state index in [-0.39, 0.29) is 18.5 Å². The Morgan fingerprint density at radius 1 is 1.19 bits per heavy atom. The Labute approximate surface area is 157 Å². The number of imide groups is 1. The number of rotatable bonds is 4. The van der Waals surface area contributed by atoms with Crippen LogP contribution in [0, 0.1) is 0 Å². The van der Waals surface area contributed by atoms with Crippen molar-refractivity contribution in [2.24, 2.45) is 0 Å². The molecule has 4 rings (SSSR count). The van der Waals surface area contributed by atoms with Crippen LogP contribution in [0.3, 0.4) is 0 Å². The van der Waals surface area contributed by atoms with Crippen LogP contribution in [-0.2, 0) is 16.9 Å². The molecule has 2 fully saturated rings. The van der Waals surface area contributed by atoms with Crippen molar-refractivity contribution < 1.29 is 9.59 Å². The molecule has 2 aliphatic rings. The number of aromatic nitrogens is 1. The summed E-state index contributed by atoms with van der Waals surface area (Å²) in [5, 5.41) is 5.99. The number of urea groups is 1. The van der Waals surface area contributed by atoms with Gasteiger partial charge in [0.2, 0.25) is 0 Å². The van der Waals surface area contributed by atoms with E-state index in [1.54, 1.807) is 18.3 Å². The van der Waals surface area contributed by atoms with Crippen molar-refractivity contribution in [2.75, 3.05) is 0 Å². The molecule has 1 saturated carbocycles. The van der Waals surface area contributed by atoms with Crippen molar-refractivity contribution in [1.29, 1.82) is 0 Å². The molecule has 0 radical (unpaired) electrons. The smallest absolute Gasteiger partial charge is 0.319 e. The maximum absolute atomic E-state index is 13.0. The van der Waals surface area contributed by atoms with Gasteiger partial charge < -0.3 is 5.32 Å². The first-order valence-corrected chi connectivity index (χ1v) is 10.1. The van der Waals surface area contributed by atoms with Gasteiger partial charge in [-0.05, 0) is 25.3 Å². The fourth-order valence-corrected chi connectivity index (χ4v) is 4.88. The molecule has 6 heteroatoms. The zero-order valence-corrected chi connectivity index (χ0v) is 15.7. The van der Waals surface area contributed by atoms with Crippen molar-refractivity contribution in [2.45, 2.75) is 57.0 Å². The minimum atomic E-state index is -1.01. The standard InChI is InChI=1S/C20H23N3O2S/c1-20(15-10-6-3-7-11-15)18(24)23(19(25)22-20)12-16-13-26-17(21-16)14-8-4-2-5-9-14/h3,6-7,10-11,13-14H,2,4-5,8-9,12H2,1H3,(H,22,25)/t20-/m0/s1. The van der Waals surface area contributed by atoms with E-state index in [2.05, 4.69) is 5.32 Å². The first-order valence-electron chi connectivity index (χ1n) is 9.22. The number of nitrogens with one attached hydrogen (secondary N) is 1. The molecule has 2 heterocycles. The van der Waals surface area contributed by atoms with Crippen LogP contribution in [0.2, 0.25) is 0 Å². The third kappa shape index (κ3) is 3.03. The molecule has 1 N–H and O–H groups in total. The largest absolute Gasteiger partial charge is 0.325 e. The minimum Gasteiger partial charge on any atom is -0.319 e. The lowest BCUT2D eigenvalue weighted by Crippen LogP contribution is -2.40. The van der Waals surface area contributed by atoms with E-state index in [4.69, 9.17) is 4.98 Å². The van der Waals surface area contributed by atoms with E-state index in [0.717, 1.165) is 16.3 Å². The van der Waals surface area contributed by atoms with Gasteiger partial charge in [0.1, 0.15) is 5.54 Å². The molecular formula is C20H23N3O2S. The fraction of sp³-hybridized carbons (Fsp3) is 0.450. The lowest BCUT2D eigenvalue weighted by atomic mass is 9.90. The molecule has 0 unspecified atom stereocenters. The third-order valence-electron chi connectivity index (χ3n) is 5.47. The Bertz CT molecular complexity index is 813. The second-order valence-corrected chi connectivity index (χ2v) is 8.21. The molecule has 5 nitrogen and oxygen atoms in total. The average molecular weight is 369 g/mol. The van der Waals surface area contributed by atoms with E-state index in [9.17, 15) is 9.59 Å². The highest BCUT2D eigenvalue weighted by molar-refractivity contribution is 7.09. The first kappa shape index (κ1) is 17.2. The Balaban J connectivity index is 1.51. The van der Waals surface area contributed by atoms with E-state index < -0.39 is 5.54 Å². The zero-order chi connectivity index (χ0) is 18.1. The summed E-state index contributed by atoms with van der Waals surface area (Å²) in [6.45, 7) is 1.99. The highest BCUT2D eigenvalue weighted by Crippen LogP contribution is 2.35. The number of hydrogen-bond donors (Lipinski definition) is 1. The van der Waals surface area contributed by atoms with Crippen LogP contribution < -0.4 is 5.32 Å².